The molecule has 0 aliphatic carbocycles. The zero-order valence-corrected chi connectivity index (χ0v) is 9.34. The Hall–Kier alpha value is -1.48. The minimum Gasteiger partial charge on any atom is -0.468 e. The van der Waals surface area contributed by atoms with Crippen LogP contribution in [-0.2, 0) is 9.53 Å². The van der Waals surface area contributed by atoms with Crippen molar-refractivity contribution in [1.29, 1.82) is 0 Å². The minimum absolute atomic E-state index is 0. The van der Waals surface area contributed by atoms with Gasteiger partial charge >= 0.3 is 5.97 Å². The predicted molar refractivity (Wildman–Crippen MR) is 64.3 cm³/mol. The van der Waals surface area contributed by atoms with Gasteiger partial charge in [-0.05, 0) is 11.6 Å². The van der Waals surface area contributed by atoms with Crippen LogP contribution in [0.25, 0.3) is 6.08 Å². The van der Waals surface area contributed by atoms with Gasteiger partial charge < -0.3 is 10.1 Å². The molecule has 0 aliphatic heterocycles. The molecule has 0 aliphatic rings. The van der Waals surface area contributed by atoms with E-state index in [0.717, 1.165) is 11.3 Å². The van der Waals surface area contributed by atoms with Crippen molar-refractivity contribution in [2.24, 2.45) is 0 Å². The number of hydrogen-bond acceptors (Lipinski definition) is 3. The molecular formula is C11H14ClNO2. The van der Waals surface area contributed by atoms with E-state index in [1.165, 1.54) is 7.11 Å². The number of methoxy groups -OCH3 is 1. The molecule has 0 atom stereocenters. The second-order valence-electron chi connectivity index (χ2n) is 2.72. The molecule has 0 saturated carbocycles. The lowest BCUT2D eigenvalue weighted by Gasteiger charge is -2.07. The summed E-state index contributed by atoms with van der Waals surface area (Å²) in [6.45, 7) is 3.85. The number of esters is 1. The molecule has 1 N–H and O–H groups in total. The van der Waals surface area contributed by atoms with E-state index < -0.39 is 0 Å². The number of nitrogens with one attached hydrogen (secondary N) is 1. The molecule has 0 bridgehead atoms. The number of anilines is 1. The lowest BCUT2D eigenvalue weighted by atomic mass is 10.2. The highest BCUT2D eigenvalue weighted by molar-refractivity contribution is 5.85. The van der Waals surface area contributed by atoms with Crippen molar-refractivity contribution < 1.29 is 9.53 Å². The van der Waals surface area contributed by atoms with Gasteiger partial charge in [-0.25, -0.2) is 0 Å². The summed E-state index contributed by atoms with van der Waals surface area (Å²) >= 11 is 0. The second-order valence-corrected chi connectivity index (χ2v) is 2.72. The van der Waals surface area contributed by atoms with E-state index in [1.54, 1.807) is 6.08 Å². The fraction of sp³-hybridized carbons (Fsp3) is 0.182. The Morgan fingerprint density at radius 2 is 2.20 bits per heavy atom. The van der Waals surface area contributed by atoms with Crippen LogP contribution in [0, 0.1) is 0 Å². The van der Waals surface area contributed by atoms with Gasteiger partial charge in [-0.3, -0.25) is 4.79 Å². The van der Waals surface area contributed by atoms with Gasteiger partial charge in [0, 0.05) is 5.69 Å². The Bertz CT molecular complexity index is 339. The standard InChI is InChI=1S/C11H13NO2.ClH/c1-3-9-6-4-5-7-10(9)12-8-11(13)14-2;/h3-7,12H,1,8H2,2H3;1H. The molecular weight excluding hydrogens is 214 g/mol. The molecule has 0 radical (unpaired) electrons. The highest BCUT2D eigenvalue weighted by Gasteiger charge is 2.01. The van der Waals surface area contributed by atoms with Crippen LogP contribution in [0.2, 0.25) is 0 Å². The largest absolute Gasteiger partial charge is 0.468 e. The molecule has 82 valence electrons. The fourth-order valence-electron chi connectivity index (χ4n) is 1.08. The highest BCUT2D eigenvalue weighted by atomic mass is 35.5. The Balaban J connectivity index is 0.00000196. The van der Waals surface area contributed by atoms with Gasteiger partial charge in [0.15, 0.2) is 0 Å². The van der Waals surface area contributed by atoms with Gasteiger partial charge in [-0.1, -0.05) is 30.9 Å². The third-order valence-electron chi connectivity index (χ3n) is 1.83. The summed E-state index contributed by atoms with van der Waals surface area (Å²) in [4.78, 5) is 10.9. The summed E-state index contributed by atoms with van der Waals surface area (Å²) in [5, 5.41) is 2.97. The summed E-state index contributed by atoms with van der Waals surface area (Å²) in [5.41, 5.74) is 1.85. The summed E-state index contributed by atoms with van der Waals surface area (Å²) in [7, 11) is 1.36. The van der Waals surface area contributed by atoms with Crippen LogP contribution in [0.3, 0.4) is 0 Å². The van der Waals surface area contributed by atoms with Gasteiger partial charge in [0.25, 0.3) is 0 Å². The molecule has 1 rings (SSSR count). The Morgan fingerprint density at radius 3 is 2.80 bits per heavy atom. The van der Waals surface area contributed by atoms with Crippen LogP contribution < -0.4 is 5.32 Å². The summed E-state index contributed by atoms with van der Waals surface area (Å²) in [6, 6.07) is 7.62. The highest BCUT2D eigenvalue weighted by Crippen LogP contribution is 2.15. The molecule has 4 heteroatoms. The van der Waals surface area contributed by atoms with E-state index >= 15 is 0 Å². The first-order valence-corrected chi connectivity index (χ1v) is 4.30. The number of halogens is 1. The molecule has 0 saturated heterocycles. The van der Waals surface area contributed by atoms with Crippen molar-refractivity contribution in [2.75, 3.05) is 19.0 Å². The monoisotopic (exact) mass is 227 g/mol. The molecule has 0 aromatic heterocycles. The van der Waals surface area contributed by atoms with Crippen molar-refractivity contribution in [3.05, 3.63) is 36.4 Å². The van der Waals surface area contributed by atoms with E-state index in [0.29, 0.717) is 0 Å². The molecule has 1 aromatic rings. The SMILES string of the molecule is C=Cc1ccccc1NCC(=O)OC.Cl. The van der Waals surface area contributed by atoms with Crippen molar-refractivity contribution in [2.45, 2.75) is 0 Å². The van der Waals surface area contributed by atoms with E-state index in [1.807, 2.05) is 24.3 Å². The predicted octanol–water partition coefficient (Wildman–Crippen LogP) is 2.34. The average Bonchev–Trinajstić information content (AvgIpc) is 2.26. The van der Waals surface area contributed by atoms with Crippen LogP contribution in [0.5, 0.6) is 0 Å². The van der Waals surface area contributed by atoms with Crippen LogP contribution in [0.15, 0.2) is 30.8 Å². The average molecular weight is 228 g/mol. The van der Waals surface area contributed by atoms with Crippen LogP contribution in [-0.4, -0.2) is 19.6 Å². The molecule has 0 amide bonds. The van der Waals surface area contributed by atoms with Gasteiger partial charge in [0.1, 0.15) is 6.54 Å². The summed E-state index contributed by atoms with van der Waals surface area (Å²) in [6.07, 6.45) is 1.74. The minimum atomic E-state index is -0.288. The topological polar surface area (TPSA) is 38.3 Å². The normalized spacial score (nSPS) is 8.60. The number of rotatable bonds is 4. The molecule has 15 heavy (non-hydrogen) atoms. The third kappa shape index (κ3) is 4.04. The smallest absolute Gasteiger partial charge is 0.325 e. The number of carbonyl (C=O) groups excluding carboxylic acids is 1. The maximum absolute atomic E-state index is 10.9. The number of hydrogen-bond donors (Lipinski definition) is 1. The van der Waals surface area contributed by atoms with Crippen LogP contribution in [0.1, 0.15) is 5.56 Å². The summed E-state index contributed by atoms with van der Waals surface area (Å²) < 4.78 is 4.52. The Kier molecular flexibility index (Phi) is 6.22. The van der Waals surface area contributed by atoms with E-state index in [2.05, 4.69) is 16.6 Å². The zero-order valence-electron chi connectivity index (χ0n) is 8.53. The fourth-order valence-corrected chi connectivity index (χ4v) is 1.08. The lowest BCUT2D eigenvalue weighted by molar-refractivity contribution is -0.138. The van der Waals surface area contributed by atoms with E-state index in [4.69, 9.17) is 0 Å². The molecule has 0 unspecified atom stereocenters. The number of ether oxygens (including phenoxy) is 1. The molecule has 3 nitrogen and oxygen atoms in total. The maximum Gasteiger partial charge on any atom is 0.325 e. The molecule has 0 fully saturated rings. The van der Waals surface area contributed by atoms with Gasteiger partial charge in [-0.2, -0.15) is 0 Å². The first kappa shape index (κ1) is 13.5. The lowest BCUT2D eigenvalue weighted by Crippen LogP contribution is -2.15. The van der Waals surface area contributed by atoms with Crippen molar-refractivity contribution in [3.8, 4) is 0 Å². The Morgan fingerprint density at radius 1 is 1.53 bits per heavy atom. The van der Waals surface area contributed by atoms with Crippen molar-refractivity contribution in [3.63, 3.8) is 0 Å². The molecule has 0 spiro atoms. The van der Waals surface area contributed by atoms with Gasteiger partial charge in [-0.15, -0.1) is 12.4 Å². The van der Waals surface area contributed by atoms with Gasteiger partial charge in [0.05, 0.1) is 7.11 Å². The number of benzene rings is 1. The van der Waals surface area contributed by atoms with E-state index in [-0.39, 0.29) is 24.9 Å². The molecule has 0 heterocycles. The second kappa shape index (κ2) is 6.90. The molecule has 1 aromatic carbocycles. The quantitative estimate of drug-likeness (QED) is 0.803. The van der Waals surface area contributed by atoms with Crippen molar-refractivity contribution in [1.82, 2.24) is 0 Å². The first-order valence-electron chi connectivity index (χ1n) is 4.30. The first-order chi connectivity index (χ1) is 6.77. The number of carbonyl (C=O) groups is 1. The Labute approximate surface area is 95.5 Å². The summed E-state index contributed by atoms with van der Waals surface area (Å²) in [5.74, 6) is -0.288. The number of para-hydroxylation sites is 1. The third-order valence-corrected chi connectivity index (χ3v) is 1.83. The zero-order chi connectivity index (χ0) is 10.4. The van der Waals surface area contributed by atoms with Crippen LogP contribution in [0.4, 0.5) is 5.69 Å². The van der Waals surface area contributed by atoms with Gasteiger partial charge in [0.2, 0.25) is 0 Å². The maximum atomic E-state index is 10.9. The van der Waals surface area contributed by atoms with E-state index in [9.17, 15) is 4.79 Å². The van der Waals surface area contributed by atoms with Crippen molar-refractivity contribution >= 4 is 30.1 Å². The van der Waals surface area contributed by atoms with Crippen LogP contribution >= 0.6 is 12.4 Å².